The second-order valence-electron chi connectivity index (χ2n) is 6.14. The van der Waals surface area contributed by atoms with Crippen LogP contribution in [0.4, 0.5) is 10.1 Å². The van der Waals surface area contributed by atoms with Gasteiger partial charge >= 0.3 is 0 Å². The molecule has 0 aliphatic heterocycles. The van der Waals surface area contributed by atoms with E-state index in [2.05, 4.69) is 10.1 Å². The highest BCUT2D eigenvalue weighted by Gasteiger charge is 2.13. The average molecular weight is 398 g/mol. The molecule has 0 bridgehead atoms. The third-order valence-corrected chi connectivity index (χ3v) is 5.05. The molecule has 0 fully saturated rings. The number of benzene rings is 2. The fraction of sp³-hybridized carbons (Fsp3) is 0.200. The summed E-state index contributed by atoms with van der Waals surface area (Å²) in [7, 11) is 0. The number of nitro groups is 1. The summed E-state index contributed by atoms with van der Waals surface area (Å²) in [5, 5.41) is 17.8. The maximum Gasteiger partial charge on any atom is 0.272 e. The molecule has 0 saturated carbocycles. The number of thiazole rings is 1. The van der Waals surface area contributed by atoms with E-state index in [4.69, 9.17) is 0 Å². The highest BCUT2D eigenvalue weighted by Crippen LogP contribution is 2.22. The fourth-order valence-electron chi connectivity index (χ4n) is 2.70. The van der Waals surface area contributed by atoms with Crippen molar-refractivity contribution in [3.05, 3.63) is 79.7 Å². The van der Waals surface area contributed by atoms with Gasteiger partial charge in [0.1, 0.15) is 5.82 Å². The summed E-state index contributed by atoms with van der Waals surface area (Å²) in [4.78, 5) is 16.0. The van der Waals surface area contributed by atoms with Crippen LogP contribution in [0.2, 0.25) is 0 Å². The molecule has 0 spiro atoms. The summed E-state index contributed by atoms with van der Waals surface area (Å²) in [5.74, 6) is -0.310. The van der Waals surface area contributed by atoms with Gasteiger partial charge < -0.3 is 0 Å². The van der Waals surface area contributed by atoms with Crippen LogP contribution in [0.1, 0.15) is 25.0 Å². The first kappa shape index (κ1) is 19.6. The lowest BCUT2D eigenvalue weighted by atomic mass is 10.1. The molecule has 0 radical (unpaired) electrons. The van der Waals surface area contributed by atoms with Gasteiger partial charge in [0.05, 0.1) is 16.3 Å². The Balaban J connectivity index is 2.13. The second-order valence-corrected chi connectivity index (χ2v) is 6.98. The lowest BCUT2D eigenvalue weighted by molar-refractivity contribution is -0.385. The summed E-state index contributed by atoms with van der Waals surface area (Å²) in [6.07, 6.45) is 0. The van der Waals surface area contributed by atoms with E-state index in [0.29, 0.717) is 28.2 Å². The van der Waals surface area contributed by atoms with Gasteiger partial charge in [0, 0.05) is 34.7 Å². The standard InChI is InChI=1S/C20H19FN4O2S/c1-4-22-20-24(19(12-28-20)15-7-9-17(21)10-8-15)23-14(3)16-6-5-13(2)18(11-16)25(26)27/h5-12H,4H2,1-3H3. The maximum atomic E-state index is 13.3. The van der Waals surface area contributed by atoms with Gasteiger partial charge in [-0.1, -0.05) is 12.1 Å². The van der Waals surface area contributed by atoms with Gasteiger partial charge in [-0.05, 0) is 45.0 Å². The molecule has 3 rings (SSSR count). The molecule has 0 amide bonds. The third-order valence-electron chi connectivity index (χ3n) is 4.19. The quantitative estimate of drug-likeness (QED) is 0.353. The largest absolute Gasteiger partial charge is 0.272 e. The van der Waals surface area contributed by atoms with Gasteiger partial charge in [-0.15, -0.1) is 11.3 Å². The Bertz CT molecular complexity index is 1110. The van der Waals surface area contributed by atoms with Crippen LogP contribution >= 0.6 is 11.3 Å². The molecule has 0 saturated heterocycles. The van der Waals surface area contributed by atoms with E-state index >= 15 is 0 Å². The summed E-state index contributed by atoms with van der Waals surface area (Å²) in [6, 6.07) is 11.2. The molecule has 144 valence electrons. The van der Waals surface area contributed by atoms with Crippen molar-refractivity contribution in [2.24, 2.45) is 10.1 Å². The van der Waals surface area contributed by atoms with Crippen LogP contribution in [0.5, 0.6) is 0 Å². The summed E-state index contributed by atoms with van der Waals surface area (Å²) in [5.41, 5.74) is 3.50. The SMILES string of the molecule is CCN=c1scc(-c2ccc(F)cc2)n1N=C(C)c1ccc(C)c([N+](=O)[O-])c1. The smallest absolute Gasteiger partial charge is 0.258 e. The molecule has 0 aliphatic rings. The van der Waals surface area contributed by atoms with Crippen LogP contribution in [0.3, 0.4) is 0 Å². The molecule has 3 aromatic rings. The van der Waals surface area contributed by atoms with Crippen LogP contribution < -0.4 is 4.80 Å². The number of nitrogens with zero attached hydrogens (tertiary/aromatic N) is 4. The van der Waals surface area contributed by atoms with Crippen molar-refractivity contribution in [2.75, 3.05) is 6.54 Å². The van der Waals surface area contributed by atoms with Crippen molar-refractivity contribution < 1.29 is 9.31 Å². The number of halogens is 1. The predicted molar refractivity (Wildman–Crippen MR) is 109 cm³/mol. The van der Waals surface area contributed by atoms with E-state index in [-0.39, 0.29) is 11.5 Å². The predicted octanol–water partition coefficient (Wildman–Crippen LogP) is 4.77. The zero-order valence-electron chi connectivity index (χ0n) is 15.7. The van der Waals surface area contributed by atoms with Crippen LogP contribution in [-0.2, 0) is 0 Å². The molecule has 0 aliphatic carbocycles. The topological polar surface area (TPSA) is 72.8 Å². The normalized spacial score (nSPS) is 12.4. The van der Waals surface area contributed by atoms with E-state index in [1.54, 1.807) is 36.7 Å². The van der Waals surface area contributed by atoms with E-state index in [0.717, 1.165) is 11.3 Å². The van der Waals surface area contributed by atoms with Crippen LogP contribution in [0, 0.1) is 22.9 Å². The Hall–Kier alpha value is -3.13. The van der Waals surface area contributed by atoms with Crippen LogP contribution in [0.25, 0.3) is 11.3 Å². The minimum Gasteiger partial charge on any atom is -0.258 e. The molecule has 6 nitrogen and oxygen atoms in total. The van der Waals surface area contributed by atoms with Crippen molar-refractivity contribution >= 4 is 22.7 Å². The van der Waals surface area contributed by atoms with Gasteiger partial charge in [-0.3, -0.25) is 15.1 Å². The monoisotopic (exact) mass is 398 g/mol. The van der Waals surface area contributed by atoms with E-state index < -0.39 is 4.92 Å². The molecule has 2 aromatic carbocycles. The van der Waals surface area contributed by atoms with Gasteiger partial charge in [0.2, 0.25) is 4.80 Å². The molecular formula is C20H19FN4O2S. The summed E-state index contributed by atoms with van der Waals surface area (Å²) >= 11 is 1.43. The lowest BCUT2D eigenvalue weighted by Gasteiger charge is -2.07. The molecule has 0 atom stereocenters. The molecule has 0 unspecified atom stereocenters. The van der Waals surface area contributed by atoms with Crippen molar-refractivity contribution in [1.29, 1.82) is 0 Å². The van der Waals surface area contributed by atoms with E-state index in [1.165, 1.54) is 29.5 Å². The first-order chi connectivity index (χ1) is 13.4. The van der Waals surface area contributed by atoms with Gasteiger partial charge in [0.25, 0.3) is 5.69 Å². The molecule has 1 heterocycles. The van der Waals surface area contributed by atoms with Crippen molar-refractivity contribution in [3.8, 4) is 11.3 Å². The number of rotatable bonds is 5. The fourth-order valence-corrected chi connectivity index (χ4v) is 3.59. The first-order valence-electron chi connectivity index (χ1n) is 8.68. The zero-order chi connectivity index (χ0) is 20.3. The Kier molecular flexibility index (Phi) is 5.79. The van der Waals surface area contributed by atoms with Gasteiger partial charge in [0.15, 0.2) is 0 Å². The van der Waals surface area contributed by atoms with Crippen LogP contribution in [0.15, 0.2) is 57.9 Å². The van der Waals surface area contributed by atoms with Crippen LogP contribution in [-0.4, -0.2) is 21.9 Å². The molecule has 8 heteroatoms. The summed E-state index contributed by atoms with van der Waals surface area (Å²) in [6.45, 7) is 6.02. The van der Waals surface area contributed by atoms with E-state index in [9.17, 15) is 14.5 Å². The van der Waals surface area contributed by atoms with E-state index in [1.807, 2.05) is 18.4 Å². The van der Waals surface area contributed by atoms with Gasteiger partial charge in [-0.2, -0.15) is 5.10 Å². The molecule has 0 N–H and O–H groups in total. The third kappa shape index (κ3) is 4.07. The number of aryl methyl sites for hydroxylation is 1. The number of hydrogen-bond donors (Lipinski definition) is 0. The lowest BCUT2D eigenvalue weighted by Crippen LogP contribution is -2.14. The Morgan fingerprint density at radius 2 is 1.96 bits per heavy atom. The Morgan fingerprint density at radius 1 is 1.25 bits per heavy atom. The highest BCUT2D eigenvalue weighted by molar-refractivity contribution is 7.07. The Labute approximate surface area is 165 Å². The average Bonchev–Trinajstić information content (AvgIpc) is 3.05. The van der Waals surface area contributed by atoms with Crippen molar-refractivity contribution in [1.82, 2.24) is 4.68 Å². The highest BCUT2D eigenvalue weighted by atomic mass is 32.1. The minimum absolute atomic E-state index is 0.0552. The number of aromatic nitrogens is 1. The second kappa shape index (κ2) is 8.26. The Morgan fingerprint density at radius 3 is 2.61 bits per heavy atom. The first-order valence-corrected chi connectivity index (χ1v) is 9.56. The number of hydrogen-bond acceptors (Lipinski definition) is 5. The maximum absolute atomic E-state index is 13.3. The minimum atomic E-state index is -0.397. The van der Waals surface area contributed by atoms with Crippen molar-refractivity contribution in [3.63, 3.8) is 0 Å². The molecule has 1 aromatic heterocycles. The van der Waals surface area contributed by atoms with Crippen molar-refractivity contribution in [2.45, 2.75) is 20.8 Å². The number of nitro benzene ring substituents is 1. The molecular weight excluding hydrogens is 379 g/mol. The van der Waals surface area contributed by atoms with Gasteiger partial charge in [-0.25, -0.2) is 9.07 Å². The zero-order valence-corrected chi connectivity index (χ0v) is 16.5. The summed E-state index contributed by atoms with van der Waals surface area (Å²) < 4.78 is 15.0. The molecule has 28 heavy (non-hydrogen) atoms.